The smallest absolute Gasteiger partial charge is 0.152 e. The van der Waals surface area contributed by atoms with Crippen molar-refractivity contribution in [3.8, 4) is 0 Å². The molecule has 1 aliphatic rings. The first-order valence-electron chi connectivity index (χ1n) is 6.57. The van der Waals surface area contributed by atoms with Crippen molar-refractivity contribution in [1.29, 1.82) is 0 Å². The summed E-state index contributed by atoms with van der Waals surface area (Å²) >= 11 is 0. The van der Waals surface area contributed by atoms with E-state index < -0.39 is 9.84 Å². The Labute approximate surface area is 105 Å². The molecule has 0 aliphatic carbocycles. The quantitative estimate of drug-likeness (QED) is 0.726. The largest absolute Gasteiger partial charge is 0.329 e. The van der Waals surface area contributed by atoms with Gasteiger partial charge < -0.3 is 5.73 Å². The van der Waals surface area contributed by atoms with E-state index in [9.17, 15) is 8.42 Å². The van der Waals surface area contributed by atoms with Crippen LogP contribution in [0, 0.1) is 0 Å². The highest BCUT2D eigenvalue weighted by atomic mass is 32.2. The molecular formula is C12H26N2O2S. The van der Waals surface area contributed by atoms with E-state index in [-0.39, 0.29) is 11.3 Å². The molecule has 0 spiro atoms. The number of nitrogens with zero attached hydrogens (tertiary/aromatic N) is 1. The van der Waals surface area contributed by atoms with Crippen molar-refractivity contribution < 1.29 is 8.42 Å². The fourth-order valence-electron chi connectivity index (χ4n) is 2.63. The van der Waals surface area contributed by atoms with Crippen LogP contribution in [0.25, 0.3) is 0 Å². The summed E-state index contributed by atoms with van der Waals surface area (Å²) < 4.78 is 23.6. The van der Waals surface area contributed by atoms with Crippen LogP contribution in [0.3, 0.4) is 0 Å². The van der Waals surface area contributed by atoms with Gasteiger partial charge in [0.2, 0.25) is 0 Å². The van der Waals surface area contributed by atoms with E-state index in [4.69, 9.17) is 5.73 Å². The first-order chi connectivity index (χ1) is 7.96. The van der Waals surface area contributed by atoms with E-state index in [1.54, 1.807) is 0 Å². The van der Waals surface area contributed by atoms with E-state index in [1.807, 2.05) is 7.05 Å². The van der Waals surface area contributed by atoms with E-state index in [2.05, 4.69) is 11.8 Å². The third-order valence-electron chi connectivity index (χ3n) is 3.87. The normalized spacial score (nSPS) is 28.5. The molecule has 102 valence electrons. The molecule has 1 saturated heterocycles. The molecule has 0 saturated carbocycles. The van der Waals surface area contributed by atoms with Gasteiger partial charge in [-0.3, -0.25) is 4.90 Å². The van der Waals surface area contributed by atoms with Crippen molar-refractivity contribution >= 4 is 9.84 Å². The molecule has 1 unspecified atom stereocenters. The molecule has 1 aliphatic heterocycles. The number of hydrogen-bond donors (Lipinski definition) is 1. The topological polar surface area (TPSA) is 63.4 Å². The lowest BCUT2D eigenvalue weighted by Gasteiger charge is -2.43. The van der Waals surface area contributed by atoms with E-state index in [1.165, 1.54) is 12.8 Å². The van der Waals surface area contributed by atoms with Gasteiger partial charge in [-0.25, -0.2) is 8.42 Å². The first-order valence-corrected chi connectivity index (χ1v) is 8.40. The molecular weight excluding hydrogens is 236 g/mol. The molecule has 1 heterocycles. The maximum atomic E-state index is 11.8. The van der Waals surface area contributed by atoms with Crippen LogP contribution in [0.2, 0.25) is 0 Å². The Kier molecular flexibility index (Phi) is 5.41. The second kappa shape index (κ2) is 6.16. The number of unbranched alkanes of at least 4 members (excludes halogenated alkanes) is 2. The second-order valence-corrected chi connectivity index (χ2v) is 7.44. The number of sulfone groups is 1. The highest BCUT2D eigenvalue weighted by molar-refractivity contribution is 7.91. The Balaban J connectivity index is 2.67. The molecule has 1 fully saturated rings. The maximum Gasteiger partial charge on any atom is 0.152 e. The third kappa shape index (κ3) is 3.93. The lowest BCUT2D eigenvalue weighted by Crippen LogP contribution is -2.59. The molecule has 1 atom stereocenters. The number of rotatable bonds is 6. The minimum Gasteiger partial charge on any atom is -0.329 e. The Morgan fingerprint density at radius 1 is 1.35 bits per heavy atom. The molecule has 4 nitrogen and oxygen atoms in total. The minimum absolute atomic E-state index is 0.235. The molecule has 5 heteroatoms. The van der Waals surface area contributed by atoms with E-state index >= 15 is 0 Å². The summed E-state index contributed by atoms with van der Waals surface area (Å²) in [5.74, 6) is 0.566. The van der Waals surface area contributed by atoms with Gasteiger partial charge in [0.25, 0.3) is 0 Å². The van der Waals surface area contributed by atoms with Crippen LogP contribution >= 0.6 is 0 Å². The van der Waals surface area contributed by atoms with Crippen LogP contribution in [0.1, 0.15) is 39.0 Å². The monoisotopic (exact) mass is 262 g/mol. The lowest BCUT2D eigenvalue weighted by molar-refractivity contribution is 0.129. The summed E-state index contributed by atoms with van der Waals surface area (Å²) in [6, 6.07) is 0. The highest BCUT2D eigenvalue weighted by Gasteiger charge is 2.40. The van der Waals surface area contributed by atoms with Crippen LogP contribution in [-0.2, 0) is 9.84 Å². The van der Waals surface area contributed by atoms with Gasteiger partial charge in [-0.1, -0.05) is 19.8 Å². The molecule has 0 radical (unpaired) electrons. The molecule has 0 aromatic carbocycles. The van der Waals surface area contributed by atoms with E-state index in [0.717, 1.165) is 25.8 Å². The van der Waals surface area contributed by atoms with Crippen LogP contribution in [-0.4, -0.2) is 50.5 Å². The lowest BCUT2D eigenvalue weighted by atomic mass is 9.93. The maximum absolute atomic E-state index is 11.8. The van der Waals surface area contributed by atoms with Crippen molar-refractivity contribution in [2.24, 2.45) is 5.73 Å². The molecule has 0 amide bonds. The fourth-order valence-corrected chi connectivity index (χ4v) is 4.66. The summed E-state index contributed by atoms with van der Waals surface area (Å²) in [6.07, 6.45) is 5.15. The average Bonchev–Trinajstić information content (AvgIpc) is 2.27. The second-order valence-electron chi connectivity index (χ2n) is 5.25. The third-order valence-corrected chi connectivity index (χ3v) is 5.76. The molecule has 0 aromatic heterocycles. The van der Waals surface area contributed by atoms with Gasteiger partial charge >= 0.3 is 0 Å². The van der Waals surface area contributed by atoms with Gasteiger partial charge in [-0.2, -0.15) is 0 Å². The zero-order valence-electron chi connectivity index (χ0n) is 11.1. The number of nitrogens with two attached hydrogens (primary N) is 1. The Morgan fingerprint density at radius 3 is 2.59 bits per heavy atom. The predicted octanol–water partition coefficient (Wildman–Crippen LogP) is 1.01. The molecule has 2 N–H and O–H groups in total. The van der Waals surface area contributed by atoms with Gasteiger partial charge in [0, 0.05) is 12.1 Å². The zero-order valence-corrected chi connectivity index (χ0v) is 11.9. The summed E-state index contributed by atoms with van der Waals surface area (Å²) in [5.41, 5.74) is 5.54. The van der Waals surface area contributed by atoms with Crippen molar-refractivity contribution in [3.05, 3.63) is 0 Å². The van der Waals surface area contributed by atoms with Crippen LogP contribution in [0.4, 0.5) is 0 Å². The molecule has 17 heavy (non-hydrogen) atoms. The summed E-state index contributed by atoms with van der Waals surface area (Å²) in [7, 11) is -0.883. The molecule has 0 aromatic rings. The zero-order chi connectivity index (χ0) is 12.9. The first kappa shape index (κ1) is 14.9. The van der Waals surface area contributed by atoms with Crippen molar-refractivity contribution in [2.75, 3.05) is 31.6 Å². The molecule has 1 rings (SSSR count). The number of likely N-dealkylation sites (N-methyl/N-ethyl adjacent to an activating group) is 1. The van der Waals surface area contributed by atoms with Crippen molar-refractivity contribution in [1.82, 2.24) is 4.90 Å². The Morgan fingerprint density at radius 2 is 2.06 bits per heavy atom. The fraction of sp³-hybridized carbons (Fsp3) is 1.00. The van der Waals surface area contributed by atoms with Crippen molar-refractivity contribution in [3.63, 3.8) is 0 Å². The van der Waals surface area contributed by atoms with Gasteiger partial charge in [0.1, 0.15) is 0 Å². The summed E-state index contributed by atoms with van der Waals surface area (Å²) in [5, 5.41) is 0. The molecule has 0 bridgehead atoms. The Hall–Kier alpha value is -0.130. The summed E-state index contributed by atoms with van der Waals surface area (Å²) in [6.45, 7) is 3.55. The average molecular weight is 262 g/mol. The Bertz CT molecular complexity index is 329. The number of hydrogen-bond acceptors (Lipinski definition) is 4. The standard InChI is InChI=1S/C12H26N2O2S/c1-3-4-5-8-14(2)12(10-13)7-6-9-17(15,16)11-12/h3-11,13H2,1-2H3. The van der Waals surface area contributed by atoms with Gasteiger partial charge in [0.15, 0.2) is 9.84 Å². The van der Waals surface area contributed by atoms with Gasteiger partial charge in [0.05, 0.1) is 11.5 Å². The summed E-state index contributed by atoms with van der Waals surface area (Å²) in [4.78, 5) is 2.18. The van der Waals surface area contributed by atoms with Crippen LogP contribution in [0.5, 0.6) is 0 Å². The van der Waals surface area contributed by atoms with Crippen molar-refractivity contribution in [2.45, 2.75) is 44.6 Å². The van der Waals surface area contributed by atoms with Gasteiger partial charge in [-0.05, 0) is 32.9 Å². The SMILES string of the molecule is CCCCCN(C)C1(CN)CCCS(=O)(=O)C1. The predicted molar refractivity (Wildman–Crippen MR) is 71.8 cm³/mol. The van der Waals surface area contributed by atoms with Gasteiger partial charge in [-0.15, -0.1) is 0 Å². The van der Waals surface area contributed by atoms with E-state index in [0.29, 0.717) is 12.3 Å². The highest BCUT2D eigenvalue weighted by Crippen LogP contribution is 2.27. The van der Waals surface area contributed by atoms with Crippen LogP contribution < -0.4 is 5.73 Å². The minimum atomic E-state index is -2.90. The van der Waals surface area contributed by atoms with Crippen LogP contribution in [0.15, 0.2) is 0 Å².